The Labute approximate surface area is 294 Å². The molecule has 5 aliphatic rings. The average molecular weight is 694 g/mol. The van der Waals surface area contributed by atoms with Crippen LogP contribution in [0.1, 0.15) is 103 Å². The van der Waals surface area contributed by atoms with Crippen molar-refractivity contribution in [3.8, 4) is 0 Å². The van der Waals surface area contributed by atoms with Gasteiger partial charge >= 0.3 is 0 Å². The van der Waals surface area contributed by atoms with E-state index in [0.29, 0.717) is 13.0 Å². The summed E-state index contributed by atoms with van der Waals surface area (Å²) in [6.45, 7) is 11.9. The third-order valence-corrected chi connectivity index (χ3v) is 12.6. The van der Waals surface area contributed by atoms with Crippen LogP contribution in [-0.4, -0.2) is 91.9 Å². The normalized spacial score (nSPS) is 31.3. The lowest BCUT2D eigenvalue weighted by atomic mass is 9.68. The second kappa shape index (κ2) is 13.8. The van der Waals surface area contributed by atoms with Gasteiger partial charge in [0.15, 0.2) is 6.10 Å². The zero-order valence-corrected chi connectivity index (χ0v) is 30.3. The molecule has 3 saturated carbocycles. The highest BCUT2D eigenvalue weighted by Gasteiger charge is 2.71. The molecule has 0 spiro atoms. The first-order chi connectivity index (χ1) is 23.6. The number of carbonyl (C=O) groups is 5. The molecular weight excluding hydrogens is 638 g/mol. The fourth-order valence-electron chi connectivity index (χ4n) is 9.80. The predicted octanol–water partition coefficient (Wildman–Crippen LogP) is 1.95. The number of nitrogens with zero attached hydrogens (tertiary/aromatic N) is 3. The summed E-state index contributed by atoms with van der Waals surface area (Å²) in [5.41, 5.74) is -1.69. The van der Waals surface area contributed by atoms with E-state index in [1.807, 2.05) is 41.5 Å². The number of likely N-dealkylation sites (tertiary alicyclic amines) is 1. The van der Waals surface area contributed by atoms with E-state index in [1.54, 1.807) is 4.90 Å². The number of aliphatic hydroxyl groups is 1. The van der Waals surface area contributed by atoms with Gasteiger partial charge in [0.1, 0.15) is 23.8 Å². The molecule has 2 aliphatic heterocycles. The summed E-state index contributed by atoms with van der Waals surface area (Å²) in [6.07, 6.45) is 9.47. The molecule has 13 nitrogen and oxygen atoms in total. The number of aromatic nitrogens is 2. The molecule has 1 aromatic rings. The van der Waals surface area contributed by atoms with Crippen molar-refractivity contribution in [2.75, 3.05) is 6.54 Å². The van der Waals surface area contributed by atoms with Gasteiger partial charge in [0.05, 0.1) is 11.7 Å². The molecule has 274 valence electrons. The van der Waals surface area contributed by atoms with Crippen LogP contribution in [0.3, 0.4) is 0 Å². The van der Waals surface area contributed by atoms with E-state index in [-0.39, 0.29) is 59.1 Å². The quantitative estimate of drug-likeness (QED) is 0.246. The van der Waals surface area contributed by atoms with Gasteiger partial charge < -0.3 is 31.3 Å². The van der Waals surface area contributed by atoms with Crippen LogP contribution in [0.2, 0.25) is 0 Å². The van der Waals surface area contributed by atoms with Crippen LogP contribution in [-0.2, 0) is 19.2 Å². The van der Waals surface area contributed by atoms with Gasteiger partial charge in [-0.2, -0.15) is 0 Å². The van der Waals surface area contributed by atoms with Gasteiger partial charge in [-0.1, -0.05) is 53.9 Å². The summed E-state index contributed by atoms with van der Waals surface area (Å²) in [4.78, 5) is 79.2. The van der Waals surface area contributed by atoms with Crippen LogP contribution in [0.5, 0.6) is 0 Å². The molecule has 0 radical (unpaired) electrons. The molecule has 3 heterocycles. The molecule has 4 unspecified atom stereocenters. The van der Waals surface area contributed by atoms with Crippen molar-refractivity contribution in [1.82, 2.24) is 36.1 Å². The predicted molar refractivity (Wildman–Crippen MR) is 184 cm³/mol. The van der Waals surface area contributed by atoms with Crippen molar-refractivity contribution in [2.24, 2.45) is 40.9 Å². The second-order valence-corrected chi connectivity index (χ2v) is 17.1. The van der Waals surface area contributed by atoms with Gasteiger partial charge in [0.2, 0.25) is 17.7 Å². The lowest BCUT2D eigenvalue weighted by Gasteiger charge is -2.49. The number of rotatable bonds is 10. The molecule has 5 fully saturated rings. The molecule has 1 aromatic heterocycles. The van der Waals surface area contributed by atoms with Gasteiger partial charge in [0.25, 0.3) is 11.8 Å². The van der Waals surface area contributed by atoms with Crippen LogP contribution < -0.4 is 21.3 Å². The van der Waals surface area contributed by atoms with Gasteiger partial charge in [0, 0.05) is 25.0 Å². The van der Waals surface area contributed by atoms with Crippen molar-refractivity contribution in [1.29, 1.82) is 0 Å². The molecule has 0 aromatic carbocycles. The van der Waals surface area contributed by atoms with Crippen molar-refractivity contribution < 1.29 is 29.1 Å². The first kappa shape index (κ1) is 36.2. The first-order valence-electron chi connectivity index (χ1n) is 18.6. The third-order valence-electron chi connectivity index (χ3n) is 12.6. The molecule has 13 heteroatoms. The molecule has 50 heavy (non-hydrogen) atoms. The van der Waals surface area contributed by atoms with E-state index in [0.717, 1.165) is 44.9 Å². The fourth-order valence-corrected chi connectivity index (χ4v) is 9.80. The minimum absolute atomic E-state index is 0.0482. The van der Waals surface area contributed by atoms with E-state index in [4.69, 9.17) is 0 Å². The highest BCUT2D eigenvalue weighted by atomic mass is 16.3. The highest BCUT2D eigenvalue weighted by molar-refractivity contribution is 5.98. The standard InChI is InChI=1S/C37H55N7O6/c1-19(2)20(3)40-34(49)30(45)37-13-12-22-16-23-18-44(28(33(48)43-37)25(23)26(22)37)35(50)29(36(4,5)6)42-32(47)27(21-10-8-7-9-11-21)41-31(46)24-17-38-14-15-39-24/h14-15,17,19-23,25-30,45H,7-13,16,18H2,1-6H3,(H,40,49)(H,41,46)(H,42,47)(H,43,48)/t20-,22?,23-,25+,26?,27-,28-,29+,30?,37?/m0/s1. The van der Waals surface area contributed by atoms with Crippen molar-refractivity contribution in [3.63, 3.8) is 0 Å². The molecule has 2 saturated heterocycles. The van der Waals surface area contributed by atoms with Gasteiger partial charge in [-0.05, 0) is 80.0 Å². The Hall–Kier alpha value is -3.61. The SMILES string of the molecule is CC(C)[C@H](C)NC(=O)C(O)C12CCC3C[C@H]4CN(C(=O)[C@@H](NC(=O)[C@@H](NC(=O)c5cnccn5)C5CCCCC5)C(C)(C)C)[C@H](C(=O)N1)[C@H]4C32. The molecule has 0 bridgehead atoms. The van der Waals surface area contributed by atoms with E-state index in [9.17, 15) is 29.1 Å². The Morgan fingerprint density at radius 1 is 0.980 bits per heavy atom. The van der Waals surface area contributed by atoms with Crippen LogP contribution >= 0.6 is 0 Å². The third kappa shape index (κ3) is 6.50. The molecule has 6 rings (SSSR count). The van der Waals surface area contributed by atoms with Gasteiger partial charge in [-0.3, -0.25) is 29.0 Å². The Morgan fingerprint density at radius 3 is 2.34 bits per heavy atom. The maximum Gasteiger partial charge on any atom is 0.272 e. The van der Waals surface area contributed by atoms with Crippen LogP contribution in [0, 0.1) is 40.9 Å². The maximum atomic E-state index is 14.6. The Bertz CT molecular complexity index is 1480. The summed E-state index contributed by atoms with van der Waals surface area (Å²) < 4.78 is 0. The Balaban J connectivity index is 1.23. The summed E-state index contributed by atoms with van der Waals surface area (Å²) in [6, 6.07) is -2.74. The Morgan fingerprint density at radius 2 is 1.70 bits per heavy atom. The van der Waals surface area contributed by atoms with E-state index in [2.05, 4.69) is 31.2 Å². The van der Waals surface area contributed by atoms with E-state index in [1.165, 1.54) is 18.6 Å². The van der Waals surface area contributed by atoms with Crippen LogP contribution in [0.15, 0.2) is 18.6 Å². The number of piperidine rings is 1. The van der Waals surface area contributed by atoms with Crippen LogP contribution in [0.25, 0.3) is 0 Å². The molecule has 5 N–H and O–H groups in total. The number of nitrogens with one attached hydrogen (secondary N) is 4. The maximum absolute atomic E-state index is 14.6. The minimum atomic E-state index is -1.40. The number of amides is 5. The summed E-state index contributed by atoms with van der Waals surface area (Å²) in [5, 5.41) is 23.6. The van der Waals surface area contributed by atoms with Crippen molar-refractivity contribution in [2.45, 2.75) is 129 Å². The molecule has 10 atom stereocenters. The van der Waals surface area contributed by atoms with Crippen molar-refractivity contribution >= 4 is 29.5 Å². The summed E-state index contributed by atoms with van der Waals surface area (Å²) in [5.74, 6) is -2.08. The molecule has 3 aliphatic carbocycles. The van der Waals surface area contributed by atoms with E-state index >= 15 is 0 Å². The second-order valence-electron chi connectivity index (χ2n) is 17.1. The highest BCUT2D eigenvalue weighted by Crippen LogP contribution is 2.62. The van der Waals surface area contributed by atoms with Gasteiger partial charge in [-0.15, -0.1) is 0 Å². The summed E-state index contributed by atoms with van der Waals surface area (Å²) in [7, 11) is 0. The molecule has 5 amide bonds. The average Bonchev–Trinajstić information content (AvgIpc) is 3.75. The number of carbonyl (C=O) groups excluding carboxylic acids is 5. The first-order valence-corrected chi connectivity index (χ1v) is 18.6. The number of aliphatic hydroxyl groups excluding tert-OH is 1. The molecular formula is C37H55N7O6. The smallest absolute Gasteiger partial charge is 0.272 e. The zero-order chi connectivity index (χ0) is 36.1. The zero-order valence-electron chi connectivity index (χ0n) is 30.3. The summed E-state index contributed by atoms with van der Waals surface area (Å²) >= 11 is 0. The van der Waals surface area contributed by atoms with Crippen molar-refractivity contribution in [3.05, 3.63) is 24.3 Å². The van der Waals surface area contributed by atoms with Crippen LogP contribution in [0.4, 0.5) is 0 Å². The lowest BCUT2D eigenvalue weighted by molar-refractivity contribution is -0.153. The Kier molecular flexibility index (Phi) is 10.0. The topological polar surface area (TPSA) is 183 Å². The monoisotopic (exact) mass is 693 g/mol. The minimum Gasteiger partial charge on any atom is -0.381 e. The van der Waals surface area contributed by atoms with Gasteiger partial charge in [-0.25, -0.2) is 4.98 Å². The van der Waals surface area contributed by atoms with E-state index < -0.39 is 52.9 Å². The largest absolute Gasteiger partial charge is 0.381 e. The number of hydrogen-bond acceptors (Lipinski definition) is 8. The number of hydrogen-bond donors (Lipinski definition) is 5. The fraction of sp³-hybridized carbons (Fsp3) is 0.757. The lowest BCUT2D eigenvalue weighted by Crippen LogP contribution is -2.72.